The smallest absolute Gasteiger partial charge is 0.350 e. The number of nitrogens with zero attached hydrogens (tertiary/aromatic N) is 2. The number of ether oxygens (including phenoxy) is 2. The summed E-state index contributed by atoms with van der Waals surface area (Å²) in [5, 5.41) is 21.5. The molecule has 9 nitrogen and oxygen atoms in total. The minimum absolute atomic E-state index is 0.0980. The number of aryl methyl sites for hydroxylation is 1. The van der Waals surface area contributed by atoms with Crippen molar-refractivity contribution < 1.29 is 34.1 Å². The molecule has 0 radical (unpaired) electrons. The second-order valence-electron chi connectivity index (χ2n) is 7.83. The van der Waals surface area contributed by atoms with E-state index in [-0.39, 0.29) is 46.1 Å². The number of rotatable bonds is 7. The van der Waals surface area contributed by atoms with Gasteiger partial charge in [-0.25, -0.2) is 9.78 Å². The first kappa shape index (κ1) is 24.9. The van der Waals surface area contributed by atoms with Crippen molar-refractivity contribution in [3.8, 4) is 11.5 Å². The predicted molar refractivity (Wildman–Crippen MR) is 133 cm³/mol. The van der Waals surface area contributed by atoms with Gasteiger partial charge in [0.2, 0.25) is 0 Å². The van der Waals surface area contributed by atoms with Gasteiger partial charge in [-0.15, -0.1) is 0 Å². The van der Waals surface area contributed by atoms with Crippen molar-refractivity contribution in [2.24, 2.45) is 0 Å². The van der Waals surface area contributed by atoms with Crippen molar-refractivity contribution in [2.45, 2.75) is 26.8 Å². The quantitative estimate of drug-likeness (QED) is 0.209. The third-order valence-corrected chi connectivity index (χ3v) is 6.68. The summed E-state index contributed by atoms with van der Waals surface area (Å²) >= 11 is 0.919. The van der Waals surface area contributed by atoms with Gasteiger partial charge in [0.05, 0.1) is 30.5 Å². The number of thiazole rings is 1. The Kier molecular flexibility index (Phi) is 7.07. The van der Waals surface area contributed by atoms with Crippen LogP contribution in [0.2, 0.25) is 0 Å². The Morgan fingerprint density at radius 1 is 1.11 bits per heavy atom. The molecule has 2 N–H and O–H groups in total. The van der Waals surface area contributed by atoms with Crippen LogP contribution >= 0.6 is 11.3 Å². The average Bonchev–Trinajstić information content (AvgIpc) is 3.37. The van der Waals surface area contributed by atoms with Gasteiger partial charge in [0.15, 0.2) is 16.6 Å². The fourth-order valence-corrected chi connectivity index (χ4v) is 4.93. The Balaban J connectivity index is 1.93. The topological polar surface area (TPSA) is 126 Å². The van der Waals surface area contributed by atoms with Crippen molar-refractivity contribution in [1.82, 2.24) is 4.98 Å². The molecule has 36 heavy (non-hydrogen) atoms. The maximum atomic E-state index is 13.3. The Morgan fingerprint density at radius 2 is 1.83 bits per heavy atom. The monoisotopic (exact) mass is 508 g/mol. The number of carbonyl (C=O) groups is 3. The van der Waals surface area contributed by atoms with Crippen LogP contribution in [-0.2, 0) is 14.3 Å². The van der Waals surface area contributed by atoms with Gasteiger partial charge in [-0.05, 0) is 38.5 Å². The summed E-state index contributed by atoms with van der Waals surface area (Å²) in [6.45, 7) is 5.48. The Labute approximate surface area is 211 Å². The van der Waals surface area contributed by atoms with E-state index in [2.05, 4.69) is 4.98 Å². The number of amides is 1. The summed E-state index contributed by atoms with van der Waals surface area (Å²) in [6.07, 6.45) is 0. The number of hydrogen-bond acceptors (Lipinski definition) is 9. The highest BCUT2D eigenvalue weighted by atomic mass is 32.1. The molecule has 3 aromatic rings. The van der Waals surface area contributed by atoms with Crippen molar-refractivity contribution in [3.63, 3.8) is 0 Å². The van der Waals surface area contributed by atoms with Gasteiger partial charge in [-0.3, -0.25) is 14.5 Å². The number of aliphatic hydroxyl groups is 1. The largest absolute Gasteiger partial charge is 0.507 e. The highest BCUT2D eigenvalue weighted by molar-refractivity contribution is 7.17. The number of ketones is 1. The van der Waals surface area contributed by atoms with Gasteiger partial charge in [0.25, 0.3) is 5.78 Å². The number of esters is 1. The van der Waals surface area contributed by atoms with Crippen molar-refractivity contribution in [2.75, 3.05) is 18.1 Å². The summed E-state index contributed by atoms with van der Waals surface area (Å²) in [5.41, 5.74) is 0.952. The van der Waals surface area contributed by atoms with E-state index < -0.39 is 23.7 Å². The number of anilines is 1. The minimum Gasteiger partial charge on any atom is -0.507 e. The number of carbonyl (C=O) groups excluding carboxylic acids is 3. The first-order valence-electron chi connectivity index (χ1n) is 11.2. The second-order valence-corrected chi connectivity index (χ2v) is 8.80. The van der Waals surface area contributed by atoms with Crippen LogP contribution in [0.3, 0.4) is 0 Å². The molecule has 0 aliphatic carbocycles. The number of hydrogen-bond donors (Lipinski definition) is 2. The fraction of sp³-hybridized carbons (Fsp3) is 0.231. The molecule has 1 aliphatic heterocycles. The molecule has 1 aromatic heterocycles. The molecule has 2 aromatic carbocycles. The van der Waals surface area contributed by atoms with Crippen LogP contribution in [0.25, 0.3) is 5.76 Å². The van der Waals surface area contributed by atoms with E-state index in [4.69, 9.17) is 9.47 Å². The SMILES string of the molecule is CCOC(=O)c1sc(N2C(=O)C(=O)C(=C(O)c3ccccc3)C2c2ccc(O)c(OCC)c2)nc1C. The molecule has 0 saturated carbocycles. The number of phenols is 1. The number of phenolic OH excluding ortho intramolecular Hbond substituents is 1. The lowest BCUT2D eigenvalue weighted by Crippen LogP contribution is -2.29. The summed E-state index contributed by atoms with van der Waals surface area (Å²) in [4.78, 5) is 44.7. The zero-order valence-corrected chi connectivity index (χ0v) is 20.7. The van der Waals surface area contributed by atoms with Crippen LogP contribution in [0.5, 0.6) is 11.5 Å². The zero-order valence-electron chi connectivity index (χ0n) is 19.8. The van der Waals surface area contributed by atoms with Crippen LogP contribution in [0.15, 0.2) is 54.1 Å². The van der Waals surface area contributed by atoms with Crippen LogP contribution in [-0.4, -0.2) is 46.1 Å². The zero-order chi connectivity index (χ0) is 26.0. The van der Waals surface area contributed by atoms with E-state index in [9.17, 15) is 24.6 Å². The standard InChI is InChI=1S/C26H24N2O7S/c1-4-34-18-13-16(11-12-17(18)29)20-19(21(30)15-9-7-6-8-10-15)22(31)24(32)28(20)26-27-14(3)23(36-26)25(33)35-5-2/h6-13,20,29-30H,4-5H2,1-3H3. The molecule has 4 rings (SSSR count). The van der Waals surface area contributed by atoms with Crippen LogP contribution in [0.4, 0.5) is 5.13 Å². The van der Waals surface area contributed by atoms with Crippen molar-refractivity contribution in [3.05, 3.63) is 75.8 Å². The molecule has 1 saturated heterocycles. The summed E-state index contributed by atoms with van der Waals surface area (Å²) in [6, 6.07) is 11.7. The molecular weight excluding hydrogens is 484 g/mol. The van der Waals surface area contributed by atoms with E-state index in [1.165, 1.54) is 18.2 Å². The molecule has 0 bridgehead atoms. The molecule has 1 unspecified atom stereocenters. The van der Waals surface area contributed by atoms with Crippen molar-refractivity contribution in [1.29, 1.82) is 0 Å². The van der Waals surface area contributed by atoms with E-state index in [1.54, 1.807) is 51.1 Å². The van der Waals surface area contributed by atoms with Gasteiger partial charge in [0.1, 0.15) is 10.6 Å². The Hall–Kier alpha value is -4.18. The van der Waals surface area contributed by atoms with Gasteiger partial charge < -0.3 is 19.7 Å². The number of Topliss-reactive ketones (excluding diaryl/α,β-unsaturated/α-hetero) is 1. The maximum Gasteiger partial charge on any atom is 0.350 e. The van der Waals surface area contributed by atoms with E-state index >= 15 is 0 Å². The molecule has 1 amide bonds. The van der Waals surface area contributed by atoms with E-state index in [0.717, 1.165) is 16.2 Å². The molecule has 10 heteroatoms. The first-order chi connectivity index (χ1) is 17.3. The fourth-order valence-electron chi connectivity index (χ4n) is 3.94. The summed E-state index contributed by atoms with van der Waals surface area (Å²) in [7, 11) is 0. The highest BCUT2D eigenvalue weighted by Gasteiger charge is 2.48. The summed E-state index contributed by atoms with van der Waals surface area (Å²) in [5.74, 6) is -2.71. The van der Waals surface area contributed by atoms with E-state index in [0.29, 0.717) is 16.8 Å². The normalized spacial score (nSPS) is 16.9. The van der Waals surface area contributed by atoms with Crippen LogP contribution in [0.1, 0.15) is 46.4 Å². The van der Waals surface area contributed by atoms with Gasteiger partial charge in [-0.2, -0.15) is 0 Å². The minimum atomic E-state index is -1.09. The third-order valence-electron chi connectivity index (χ3n) is 5.54. The lowest BCUT2D eigenvalue weighted by atomic mass is 9.95. The molecule has 2 heterocycles. The lowest BCUT2D eigenvalue weighted by molar-refractivity contribution is -0.132. The Bertz CT molecular complexity index is 1360. The van der Waals surface area contributed by atoms with Gasteiger partial charge in [0, 0.05) is 5.56 Å². The predicted octanol–water partition coefficient (Wildman–Crippen LogP) is 4.36. The van der Waals surface area contributed by atoms with Crippen molar-refractivity contribution >= 4 is 39.9 Å². The number of aromatic nitrogens is 1. The summed E-state index contributed by atoms with van der Waals surface area (Å²) < 4.78 is 10.6. The Morgan fingerprint density at radius 3 is 2.50 bits per heavy atom. The molecule has 0 spiro atoms. The molecule has 1 aliphatic rings. The van der Waals surface area contributed by atoms with Crippen LogP contribution in [0, 0.1) is 6.92 Å². The number of benzene rings is 2. The first-order valence-corrected chi connectivity index (χ1v) is 12.1. The van der Waals surface area contributed by atoms with E-state index in [1.807, 2.05) is 0 Å². The lowest BCUT2D eigenvalue weighted by Gasteiger charge is -2.23. The molecule has 1 atom stereocenters. The third kappa shape index (κ3) is 4.42. The molecule has 186 valence electrons. The average molecular weight is 509 g/mol. The van der Waals surface area contributed by atoms with Gasteiger partial charge in [-0.1, -0.05) is 47.7 Å². The second kappa shape index (κ2) is 10.2. The molecular formula is C26H24N2O7S. The van der Waals surface area contributed by atoms with Crippen LogP contribution < -0.4 is 9.64 Å². The number of aromatic hydroxyl groups is 1. The molecule has 1 fully saturated rings. The maximum absolute atomic E-state index is 13.3. The highest BCUT2D eigenvalue weighted by Crippen LogP contribution is 2.45. The number of aliphatic hydroxyl groups excluding tert-OH is 1. The van der Waals surface area contributed by atoms with Gasteiger partial charge >= 0.3 is 11.9 Å².